The molecular weight excluding hydrogens is 301 g/mol. The number of hydrogen-bond acceptors (Lipinski definition) is 6. The summed E-state index contributed by atoms with van der Waals surface area (Å²) in [5.74, 6) is 1.47. The molecule has 0 aliphatic carbocycles. The topological polar surface area (TPSA) is 85.4 Å². The molecule has 1 aromatic heterocycles. The fourth-order valence-corrected chi connectivity index (χ4v) is 2.76. The molecule has 1 aliphatic heterocycles. The van der Waals surface area contributed by atoms with E-state index < -0.39 is 0 Å². The Labute approximate surface area is 142 Å². The highest BCUT2D eigenvalue weighted by molar-refractivity contribution is 6.75. The number of ether oxygens (including phenoxy) is 1. The number of aromatic nitrogens is 2. The highest BCUT2D eigenvalue weighted by Crippen LogP contribution is 2.22. The van der Waals surface area contributed by atoms with E-state index in [0.717, 1.165) is 30.7 Å². The molecule has 0 bridgehead atoms. The fraction of sp³-hybridized carbons (Fsp3) is 0.353. The third-order valence-corrected chi connectivity index (χ3v) is 4.03. The van der Waals surface area contributed by atoms with E-state index in [1.54, 1.807) is 6.20 Å². The van der Waals surface area contributed by atoms with Crippen LogP contribution >= 0.6 is 0 Å². The molecule has 124 valence electrons. The summed E-state index contributed by atoms with van der Waals surface area (Å²) in [6.07, 6.45) is 3.78. The van der Waals surface area contributed by atoms with Gasteiger partial charge in [0.25, 0.3) is 0 Å². The smallest absolute Gasteiger partial charge is 0.309 e. The van der Waals surface area contributed by atoms with Gasteiger partial charge in [0.05, 0.1) is 11.9 Å². The van der Waals surface area contributed by atoms with Crippen molar-refractivity contribution in [2.75, 3.05) is 24.2 Å². The first-order valence-corrected chi connectivity index (χ1v) is 8.34. The number of nitrogens with two attached hydrogens (primary N) is 1. The van der Waals surface area contributed by atoms with Gasteiger partial charge in [-0.15, -0.1) is 0 Å². The van der Waals surface area contributed by atoms with Crippen molar-refractivity contribution in [3.63, 3.8) is 0 Å². The largest absolute Gasteiger partial charge is 0.482 e. The van der Waals surface area contributed by atoms with Crippen molar-refractivity contribution in [1.29, 1.82) is 0 Å². The summed E-state index contributed by atoms with van der Waals surface area (Å²) in [5.41, 5.74) is 9.04. The molecule has 3 rings (SSSR count). The van der Waals surface area contributed by atoms with Crippen molar-refractivity contribution >= 4 is 29.8 Å². The summed E-state index contributed by atoms with van der Waals surface area (Å²) < 4.78 is 5.94. The maximum atomic E-state index is 5.94. The van der Waals surface area contributed by atoms with Crippen LogP contribution in [0.15, 0.2) is 35.4 Å². The average molecular weight is 323 g/mol. The molecule has 0 unspecified atom stereocenters. The lowest BCUT2D eigenvalue weighted by atomic mass is 9.60. The summed E-state index contributed by atoms with van der Waals surface area (Å²) in [5, 5.41) is 3.26. The number of nitrogens with one attached hydrogen (secondary N) is 1. The highest BCUT2D eigenvalue weighted by atomic mass is 16.5. The maximum absolute atomic E-state index is 5.94. The van der Waals surface area contributed by atoms with E-state index in [1.807, 2.05) is 12.1 Å². The van der Waals surface area contributed by atoms with E-state index in [1.165, 1.54) is 5.46 Å². The van der Waals surface area contributed by atoms with Gasteiger partial charge in [0.1, 0.15) is 6.61 Å². The van der Waals surface area contributed by atoms with Crippen LogP contribution in [0.25, 0.3) is 0 Å². The number of fused-ring (bicyclic) bond motifs is 1. The third-order valence-electron chi connectivity index (χ3n) is 4.03. The number of nitrogen functional groups attached to an aromatic ring is 1. The van der Waals surface area contributed by atoms with Gasteiger partial charge >= 0.3 is 6.85 Å². The molecule has 2 aromatic rings. The SMILES string of the molecule is CCCCNc1nc(N)ncc1OCC1=NB(C)c2ccccc21. The molecule has 7 heteroatoms. The van der Waals surface area contributed by atoms with E-state index >= 15 is 0 Å². The Morgan fingerprint density at radius 2 is 2.12 bits per heavy atom. The second-order valence-electron chi connectivity index (χ2n) is 5.85. The van der Waals surface area contributed by atoms with Crippen LogP contribution in [-0.4, -0.2) is 35.7 Å². The normalized spacial score (nSPS) is 12.8. The molecule has 1 aromatic carbocycles. The first-order chi connectivity index (χ1) is 11.7. The van der Waals surface area contributed by atoms with Gasteiger partial charge < -0.3 is 20.7 Å². The minimum atomic E-state index is 0.171. The van der Waals surface area contributed by atoms with Crippen LogP contribution < -0.4 is 21.3 Å². The summed E-state index contributed by atoms with van der Waals surface area (Å²) in [6, 6.07) is 8.26. The van der Waals surface area contributed by atoms with Crippen molar-refractivity contribution in [2.24, 2.45) is 4.90 Å². The van der Waals surface area contributed by atoms with Gasteiger partial charge in [-0.25, -0.2) is 4.98 Å². The summed E-state index contributed by atoms with van der Waals surface area (Å²) >= 11 is 0. The van der Waals surface area contributed by atoms with Crippen molar-refractivity contribution < 1.29 is 4.74 Å². The first-order valence-electron chi connectivity index (χ1n) is 8.34. The monoisotopic (exact) mass is 323 g/mol. The van der Waals surface area contributed by atoms with Crippen molar-refractivity contribution in [3.05, 3.63) is 36.0 Å². The van der Waals surface area contributed by atoms with Crippen LogP contribution in [0.5, 0.6) is 5.75 Å². The first kappa shape index (κ1) is 16.3. The van der Waals surface area contributed by atoms with E-state index in [0.29, 0.717) is 18.2 Å². The van der Waals surface area contributed by atoms with E-state index in [2.05, 4.69) is 41.2 Å². The van der Waals surface area contributed by atoms with Crippen LogP contribution in [0.2, 0.25) is 6.82 Å². The Morgan fingerprint density at radius 1 is 1.29 bits per heavy atom. The molecule has 1 aliphatic rings. The van der Waals surface area contributed by atoms with Crippen molar-refractivity contribution in [1.82, 2.24) is 9.97 Å². The molecule has 0 fully saturated rings. The molecule has 2 heterocycles. The number of nitrogens with zero attached hydrogens (tertiary/aromatic N) is 3. The van der Waals surface area contributed by atoms with Gasteiger partial charge in [-0.2, -0.15) is 4.98 Å². The molecule has 0 atom stereocenters. The van der Waals surface area contributed by atoms with Gasteiger partial charge in [0, 0.05) is 6.54 Å². The quantitative estimate of drug-likeness (QED) is 0.601. The van der Waals surface area contributed by atoms with E-state index in [4.69, 9.17) is 15.4 Å². The van der Waals surface area contributed by atoms with Gasteiger partial charge in [-0.3, -0.25) is 0 Å². The Bertz CT molecular complexity index is 750. The van der Waals surface area contributed by atoms with Crippen LogP contribution in [0, 0.1) is 0 Å². The lowest BCUT2D eigenvalue weighted by Crippen LogP contribution is -2.23. The molecule has 0 amide bonds. The van der Waals surface area contributed by atoms with Crippen LogP contribution in [-0.2, 0) is 0 Å². The Kier molecular flexibility index (Phi) is 4.98. The van der Waals surface area contributed by atoms with Gasteiger partial charge in [0.15, 0.2) is 11.6 Å². The van der Waals surface area contributed by atoms with Gasteiger partial charge in [-0.1, -0.05) is 44.4 Å². The molecule has 0 saturated carbocycles. The Hall–Kier alpha value is -2.57. The molecule has 0 saturated heterocycles. The molecule has 24 heavy (non-hydrogen) atoms. The number of benzene rings is 1. The predicted octanol–water partition coefficient (Wildman–Crippen LogP) is 1.98. The average Bonchev–Trinajstić information content (AvgIpc) is 2.91. The zero-order valence-electron chi connectivity index (χ0n) is 14.1. The Balaban J connectivity index is 1.72. The van der Waals surface area contributed by atoms with Crippen LogP contribution in [0.3, 0.4) is 0 Å². The minimum absolute atomic E-state index is 0.171. The van der Waals surface area contributed by atoms with Gasteiger partial charge in [0.2, 0.25) is 5.95 Å². The zero-order chi connectivity index (χ0) is 16.9. The van der Waals surface area contributed by atoms with Gasteiger partial charge in [-0.05, 0) is 17.4 Å². The second-order valence-corrected chi connectivity index (χ2v) is 5.85. The van der Waals surface area contributed by atoms with E-state index in [-0.39, 0.29) is 12.8 Å². The summed E-state index contributed by atoms with van der Waals surface area (Å²) in [7, 11) is 0. The standard InChI is InChI=1S/C17H22BN5O/c1-3-4-9-20-16-15(10-21-17(19)22-16)24-11-14-12-7-5-6-8-13(12)18(2)23-14/h5-8,10H,3-4,9,11H2,1-2H3,(H3,19,20,21,22). The zero-order valence-corrected chi connectivity index (χ0v) is 14.1. The summed E-state index contributed by atoms with van der Waals surface area (Å²) in [6.45, 7) is 5.62. The molecule has 6 nitrogen and oxygen atoms in total. The van der Waals surface area contributed by atoms with Crippen LogP contribution in [0.4, 0.5) is 11.8 Å². The lowest BCUT2D eigenvalue weighted by molar-refractivity contribution is 0.376. The Morgan fingerprint density at radius 3 is 2.96 bits per heavy atom. The third kappa shape index (κ3) is 3.50. The predicted molar refractivity (Wildman–Crippen MR) is 99.6 cm³/mol. The molecule has 3 N–H and O–H groups in total. The van der Waals surface area contributed by atoms with E-state index in [9.17, 15) is 0 Å². The highest BCUT2D eigenvalue weighted by Gasteiger charge is 2.24. The summed E-state index contributed by atoms with van der Waals surface area (Å²) in [4.78, 5) is 13.0. The number of hydrogen-bond donors (Lipinski definition) is 2. The second kappa shape index (κ2) is 7.34. The molecule has 0 radical (unpaired) electrons. The number of unbranched alkanes of at least 4 members (excludes halogenated alkanes) is 1. The minimum Gasteiger partial charge on any atom is -0.482 e. The fourth-order valence-electron chi connectivity index (χ4n) is 2.76. The van der Waals surface area contributed by atoms with Crippen LogP contribution in [0.1, 0.15) is 25.3 Å². The number of rotatable bonds is 7. The van der Waals surface area contributed by atoms with Crippen molar-refractivity contribution in [3.8, 4) is 5.75 Å². The lowest BCUT2D eigenvalue weighted by Gasteiger charge is -2.12. The molecule has 0 spiro atoms. The van der Waals surface area contributed by atoms with Crippen molar-refractivity contribution in [2.45, 2.75) is 26.6 Å². The maximum Gasteiger partial charge on any atom is 0.309 e. The number of anilines is 2. The molecular formula is C17H22BN5O.